The SMILES string of the molecule is CC(C1CCCCC1)N1C(=O)S/C(=C\c2cc(Br)cc(Br)c2)C1=O. The van der Waals surface area contributed by atoms with Crippen LogP contribution in [0.25, 0.3) is 6.08 Å². The van der Waals surface area contributed by atoms with E-state index in [1.54, 1.807) is 6.08 Å². The maximum atomic E-state index is 12.8. The summed E-state index contributed by atoms with van der Waals surface area (Å²) in [7, 11) is 0. The van der Waals surface area contributed by atoms with Crippen LogP contribution in [0, 0.1) is 5.92 Å². The van der Waals surface area contributed by atoms with Gasteiger partial charge in [0.15, 0.2) is 0 Å². The lowest BCUT2D eigenvalue weighted by Crippen LogP contribution is -2.42. The van der Waals surface area contributed by atoms with E-state index in [1.807, 2.05) is 25.1 Å². The summed E-state index contributed by atoms with van der Waals surface area (Å²) in [5.41, 5.74) is 0.895. The summed E-state index contributed by atoms with van der Waals surface area (Å²) in [4.78, 5) is 27.2. The number of rotatable bonds is 3. The zero-order chi connectivity index (χ0) is 17.3. The molecule has 1 unspecified atom stereocenters. The van der Waals surface area contributed by atoms with E-state index in [4.69, 9.17) is 0 Å². The summed E-state index contributed by atoms with van der Waals surface area (Å²) in [5.74, 6) is 0.283. The fourth-order valence-electron chi connectivity index (χ4n) is 3.47. The van der Waals surface area contributed by atoms with Gasteiger partial charge >= 0.3 is 0 Å². The van der Waals surface area contributed by atoms with E-state index in [2.05, 4.69) is 31.9 Å². The molecule has 0 radical (unpaired) electrons. The molecule has 2 fully saturated rings. The third-order valence-electron chi connectivity index (χ3n) is 4.75. The number of nitrogens with zero attached hydrogens (tertiary/aromatic N) is 1. The minimum absolute atomic E-state index is 0.0158. The van der Waals surface area contributed by atoms with Crippen molar-refractivity contribution >= 4 is 60.8 Å². The first-order chi connectivity index (χ1) is 11.5. The Hall–Kier alpha value is -0.590. The lowest BCUT2D eigenvalue weighted by Gasteiger charge is -2.32. The summed E-state index contributed by atoms with van der Waals surface area (Å²) >= 11 is 7.94. The molecule has 2 amide bonds. The van der Waals surface area contributed by atoms with Gasteiger partial charge in [-0.15, -0.1) is 0 Å². The fourth-order valence-corrected chi connectivity index (χ4v) is 5.71. The highest BCUT2D eigenvalue weighted by molar-refractivity contribution is 9.11. The molecular formula is C18H19Br2NO2S. The van der Waals surface area contributed by atoms with Crippen LogP contribution in [-0.4, -0.2) is 22.1 Å². The van der Waals surface area contributed by atoms with E-state index < -0.39 is 0 Å². The lowest BCUT2D eigenvalue weighted by molar-refractivity contribution is -0.125. The van der Waals surface area contributed by atoms with Crippen molar-refractivity contribution in [3.63, 3.8) is 0 Å². The van der Waals surface area contributed by atoms with Crippen LogP contribution < -0.4 is 0 Å². The minimum atomic E-state index is -0.154. The quantitative estimate of drug-likeness (QED) is 0.490. The molecule has 6 heteroatoms. The van der Waals surface area contributed by atoms with Crippen molar-refractivity contribution < 1.29 is 9.59 Å². The molecule has 1 aliphatic carbocycles. The molecule has 1 atom stereocenters. The van der Waals surface area contributed by atoms with Gasteiger partial charge in [-0.25, -0.2) is 0 Å². The molecule has 1 saturated heterocycles. The molecule has 128 valence electrons. The van der Waals surface area contributed by atoms with E-state index in [-0.39, 0.29) is 17.2 Å². The van der Waals surface area contributed by atoms with E-state index in [0.717, 1.165) is 39.1 Å². The summed E-state index contributed by atoms with van der Waals surface area (Å²) in [6.07, 6.45) is 7.69. The van der Waals surface area contributed by atoms with Crippen molar-refractivity contribution in [2.24, 2.45) is 5.92 Å². The van der Waals surface area contributed by atoms with Gasteiger partial charge in [-0.3, -0.25) is 14.5 Å². The zero-order valence-electron chi connectivity index (χ0n) is 13.4. The second-order valence-corrected chi connectivity index (χ2v) is 9.22. The smallest absolute Gasteiger partial charge is 0.268 e. The second-order valence-electron chi connectivity index (χ2n) is 6.39. The number of hydrogen-bond acceptors (Lipinski definition) is 3. The molecule has 2 aliphatic rings. The number of imide groups is 1. The summed E-state index contributed by atoms with van der Waals surface area (Å²) in [6.45, 7) is 2.02. The number of thioether (sulfide) groups is 1. The van der Waals surface area contributed by atoms with Crippen molar-refractivity contribution in [1.29, 1.82) is 0 Å². The van der Waals surface area contributed by atoms with Crippen molar-refractivity contribution in [3.05, 3.63) is 37.6 Å². The van der Waals surface area contributed by atoms with Crippen LogP contribution in [-0.2, 0) is 4.79 Å². The molecule has 3 rings (SSSR count). The van der Waals surface area contributed by atoms with Crippen molar-refractivity contribution in [1.82, 2.24) is 4.90 Å². The van der Waals surface area contributed by atoms with Crippen LogP contribution in [0.3, 0.4) is 0 Å². The Morgan fingerprint density at radius 2 is 1.75 bits per heavy atom. The highest BCUT2D eigenvalue weighted by atomic mass is 79.9. The molecule has 1 heterocycles. The van der Waals surface area contributed by atoms with Crippen molar-refractivity contribution in [2.45, 2.75) is 45.1 Å². The zero-order valence-corrected chi connectivity index (χ0v) is 17.4. The van der Waals surface area contributed by atoms with Gasteiger partial charge in [0.2, 0.25) is 0 Å². The van der Waals surface area contributed by atoms with Gasteiger partial charge < -0.3 is 0 Å². The largest absolute Gasteiger partial charge is 0.293 e. The van der Waals surface area contributed by atoms with Gasteiger partial charge in [-0.1, -0.05) is 51.1 Å². The number of amides is 2. The highest BCUT2D eigenvalue weighted by Crippen LogP contribution is 2.38. The van der Waals surface area contributed by atoms with E-state index in [1.165, 1.54) is 24.2 Å². The predicted molar refractivity (Wildman–Crippen MR) is 106 cm³/mol. The summed E-state index contributed by atoms with van der Waals surface area (Å²) in [6, 6.07) is 5.79. The molecule has 1 aromatic rings. The third-order valence-corrected chi connectivity index (χ3v) is 6.54. The predicted octanol–water partition coefficient (Wildman–Crippen LogP) is 6.22. The Bertz CT molecular complexity index is 678. The van der Waals surface area contributed by atoms with Crippen molar-refractivity contribution in [3.8, 4) is 0 Å². The van der Waals surface area contributed by atoms with Gasteiger partial charge in [0, 0.05) is 15.0 Å². The molecule has 24 heavy (non-hydrogen) atoms. The maximum Gasteiger partial charge on any atom is 0.293 e. The summed E-state index contributed by atoms with van der Waals surface area (Å²) < 4.78 is 1.86. The van der Waals surface area contributed by atoms with Gasteiger partial charge in [0.1, 0.15) is 0 Å². The Balaban J connectivity index is 1.81. The molecule has 0 aromatic heterocycles. The number of carbonyl (C=O) groups is 2. The first-order valence-electron chi connectivity index (χ1n) is 8.19. The number of hydrogen-bond donors (Lipinski definition) is 0. The first kappa shape index (κ1) is 18.2. The second kappa shape index (κ2) is 7.75. The molecule has 0 spiro atoms. The Labute approximate surface area is 163 Å². The van der Waals surface area contributed by atoms with Crippen LogP contribution >= 0.6 is 43.6 Å². The highest BCUT2D eigenvalue weighted by Gasteiger charge is 2.40. The molecule has 1 aromatic carbocycles. The first-order valence-corrected chi connectivity index (χ1v) is 10.6. The van der Waals surface area contributed by atoms with Crippen LogP contribution in [0.15, 0.2) is 32.0 Å². The molecule has 3 nitrogen and oxygen atoms in total. The number of benzene rings is 1. The Morgan fingerprint density at radius 3 is 2.38 bits per heavy atom. The minimum Gasteiger partial charge on any atom is -0.268 e. The fraction of sp³-hybridized carbons (Fsp3) is 0.444. The topological polar surface area (TPSA) is 37.4 Å². The van der Waals surface area contributed by atoms with E-state index >= 15 is 0 Å². The molecule has 1 saturated carbocycles. The van der Waals surface area contributed by atoms with Gasteiger partial charge in [0.25, 0.3) is 11.1 Å². The Morgan fingerprint density at radius 1 is 1.12 bits per heavy atom. The average Bonchev–Trinajstić information content (AvgIpc) is 2.80. The van der Waals surface area contributed by atoms with Gasteiger partial charge in [-0.2, -0.15) is 0 Å². The van der Waals surface area contributed by atoms with Crippen LogP contribution in [0.5, 0.6) is 0 Å². The van der Waals surface area contributed by atoms with E-state index in [0.29, 0.717) is 10.8 Å². The third kappa shape index (κ3) is 3.97. The van der Waals surface area contributed by atoms with E-state index in [9.17, 15) is 9.59 Å². The maximum absolute atomic E-state index is 12.8. The normalized spacial score (nSPS) is 22.5. The van der Waals surface area contributed by atoms with Gasteiger partial charge in [0.05, 0.1) is 4.91 Å². The van der Waals surface area contributed by atoms with Crippen molar-refractivity contribution in [2.75, 3.05) is 0 Å². The molecule has 0 N–H and O–H groups in total. The lowest BCUT2D eigenvalue weighted by atomic mass is 9.84. The average molecular weight is 473 g/mol. The summed E-state index contributed by atoms with van der Waals surface area (Å²) in [5, 5.41) is -0.140. The number of halogens is 2. The standard InChI is InChI=1S/C18H19Br2NO2S/c1-11(13-5-3-2-4-6-13)21-17(22)16(24-18(21)23)9-12-7-14(19)10-15(20)8-12/h7-11,13H,2-6H2,1H3/b16-9-. The monoisotopic (exact) mass is 471 g/mol. The van der Waals surface area contributed by atoms with Crippen LogP contribution in [0.1, 0.15) is 44.6 Å². The molecule has 1 aliphatic heterocycles. The van der Waals surface area contributed by atoms with Crippen LogP contribution in [0.4, 0.5) is 4.79 Å². The number of carbonyl (C=O) groups excluding carboxylic acids is 2. The van der Waals surface area contributed by atoms with Gasteiger partial charge in [-0.05, 0) is 67.3 Å². The Kier molecular flexibility index (Phi) is 5.88. The van der Waals surface area contributed by atoms with Crippen LogP contribution in [0.2, 0.25) is 0 Å². The molecular weight excluding hydrogens is 454 g/mol. The molecule has 0 bridgehead atoms.